The highest BCUT2D eigenvalue weighted by Crippen LogP contribution is 2.47. The Labute approximate surface area is 223 Å². The summed E-state index contributed by atoms with van der Waals surface area (Å²) >= 11 is 0. The van der Waals surface area contributed by atoms with Gasteiger partial charge in [0.1, 0.15) is 11.3 Å². The van der Waals surface area contributed by atoms with Crippen molar-refractivity contribution in [3.63, 3.8) is 0 Å². The molecular formula is C28H27FN3O6P. The molecule has 1 aliphatic rings. The first-order valence-electron chi connectivity index (χ1n) is 12.5. The van der Waals surface area contributed by atoms with Gasteiger partial charge in [0.05, 0.1) is 16.6 Å². The lowest BCUT2D eigenvalue weighted by Gasteiger charge is -2.37. The number of aromatic nitrogens is 1. The number of rotatable bonds is 7. The Bertz CT molecular complexity index is 1640. The molecular weight excluding hydrogens is 524 g/mol. The molecule has 39 heavy (non-hydrogen) atoms. The van der Waals surface area contributed by atoms with Gasteiger partial charge in [0, 0.05) is 44.5 Å². The number of anilines is 1. The smallest absolute Gasteiger partial charge is 0.458 e. The van der Waals surface area contributed by atoms with E-state index in [4.69, 9.17) is 4.52 Å². The van der Waals surface area contributed by atoms with E-state index in [1.54, 1.807) is 76.2 Å². The molecule has 1 fully saturated rings. The predicted molar refractivity (Wildman–Crippen MR) is 147 cm³/mol. The molecule has 1 aliphatic heterocycles. The SMILES string of the molecule is CCn1cc(C(=O)O)c(=O)c2c(-c3ccccc3)c(F)c(N3CCN(P(=O)(O)Oc4ccccc4)CC3)cc21. The fourth-order valence-electron chi connectivity index (χ4n) is 4.89. The number of para-hydroxylation sites is 1. The van der Waals surface area contributed by atoms with Crippen molar-refractivity contribution in [3.8, 4) is 16.9 Å². The summed E-state index contributed by atoms with van der Waals surface area (Å²) in [5.41, 5.74) is -0.0807. The Kier molecular flexibility index (Phi) is 7.27. The number of hydrogen-bond donors (Lipinski definition) is 2. The van der Waals surface area contributed by atoms with Crippen LogP contribution in [0.5, 0.6) is 5.75 Å². The predicted octanol–water partition coefficient (Wildman–Crippen LogP) is 4.83. The highest BCUT2D eigenvalue weighted by Gasteiger charge is 2.35. The van der Waals surface area contributed by atoms with Gasteiger partial charge in [0.25, 0.3) is 0 Å². The summed E-state index contributed by atoms with van der Waals surface area (Å²) < 4.78 is 37.7. The summed E-state index contributed by atoms with van der Waals surface area (Å²) in [6.07, 6.45) is 1.28. The second-order valence-corrected chi connectivity index (χ2v) is 10.9. The van der Waals surface area contributed by atoms with Gasteiger partial charge < -0.3 is 24.0 Å². The Morgan fingerprint density at radius 2 is 1.64 bits per heavy atom. The number of piperazine rings is 1. The topological polar surface area (TPSA) is 112 Å². The van der Waals surface area contributed by atoms with Crippen LogP contribution in [0.4, 0.5) is 10.1 Å². The second kappa shape index (κ2) is 10.6. The van der Waals surface area contributed by atoms with E-state index in [1.807, 2.05) is 6.92 Å². The third-order valence-corrected chi connectivity index (χ3v) is 8.41. The first kappa shape index (κ1) is 26.6. The zero-order valence-corrected chi connectivity index (χ0v) is 22.1. The minimum absolute atomic E-state index is 0.000966. The van der Waals surface area contributed by atoms with Gasteiger partial charge >= 0.3 is 13.7 Å². The monoisotopic (exact) mass is 551 g/mol. The van der Waals surface area contributed by atoms with Crippen LogP contribution in [0.2, 0.25) is 0 Å². The van der Waals surface area contributed by atoms with Crippen LogP contribution in [-0.2, 0) is 11.1 Å². The summed E-state index contributed by atoms with van der Waals surface area (Å²) in [7, 11) is -4.14. The first-order valence-corrected chi connectivity index (χ1v) is 14.0. The number of benzene rings is 3. The standard InChI is InChI=1S/C28H27FN3O6P/c1-2-30-18-21(28(34)35)27(33)25-22(30)17-23(26(29)24(25)19-9-5-3-6-10-19)31-13-15-32(16-14-31)39(36,37)38-20-11-7-4-8-12-20/h3-12,17-18H,2,13-16H2,1H3,(H,34,35)(H,36,37). The Morgan fingerprint density at radius 3 is 2.23 bits per heavy atom. The minimum atomic E-state index is -4.14. The van der Waals surface area contributed by atoms with E-state index in [0.29, 0.717) is 17.6 Å². The van der Waals surface area contributed by atoms with Crippen LogP contribution in [0.25, 0.3) is 22.0 Å². The van der Waals surface area contributed by atoms with Gasteiger partial charge in [0.2, 0.25) is 5.43 Å². The quantitative estimate of drug-likeness (QED) is 0.314. The molecule has 202 valence electrons. The van der Waals surface area contributed by atoms with Crippen molar-refractivity contribution in [3.05, 3.63) is 94.5 Å². The lowest BCUT2D eigenvalue weighted by atomic mass is 9.96. The second-order valence-electron chi connectivity index (χ2n) is 9.14. The molecule has 2 N–H and O–H groups in total. The Hall–Kier alpha value is -3.98. The molecule has 0 amide bonds. The zero-order chi connectivity index (χ0) is 27.7. The average molecular weight is 552 g/mol. The molecule has 1 unspecified atom stereocenters. The fraction of sp³-hybridized carbons (Fsp3) is 0.214. The number of pyridine rings is 1. The molecule has 0 bridgehead atoms. The third-order valence-electron chi connectivity index (χ3n) is 6.85. The number of fused-ring (bicyclic) bond motifs is 1. The van der Waals surface area contributed by atoms with Crippen molar-refractivity contribution in [2.75, 3.05) is 31.1 Å². The van der Waals surface area contributed by atoms with Gasteiger partial charge in [-0.3, -0.25) is 4.79 Å². The fourth-order valence-corrected chi connectivity index (χ4v) is 6.09. The normalized spacial score (nSPS) is 15.7. The van der Waals surface area contributed by atoms with Gasteiger partial charge in [-0.05, 0) is 30.7 Å². The molecule has 2 heterocycles. The molecule has 0 aliphatic carbocycles. The highest BCUT2D eigenvalue weighted by molar-refractivity contribution is 7.50. The van der Waals surface area contributed by atoms with E-state index in [-0.39, 0.29) is 48.6 Å². The summed E-state index contributed by atoms with van der Waals surface area (Å²) in [5, 5.41) is 9.64. The van der Waals surface area contributed by atoms with E-state index < -0.39 is 30.5 Å². The molecule has 5 rings (SSSR count). The van der Waals surface area contributed by atoms with Crippen LogP contribution >= 0.6 is 7.75 Å². The van der Waals surface area contributed by atoms with E-state index in [1.165, 1.54) is 10.9 Å². The van der Waals surface area contributed by atoms with Crippen LogP contribution in [0.15, 0.2) is 77.7 Å². The van der Waals surface area contributed by atoms with E-state index >= 15 is 4.39 Å². The summed E-state index contributed by atoms with van der Waals surface area (Å²) in [6, 6.07) is 18.5. The number of nitrogens with zero attached hydrogens (tertiary/aromatic N) is 3. The van der Waals surface area contributed by atoms with Crippen molar-refractivity contribution in [1.29, 1.82) is 0 Å². The number of aryl methyl sites for hydroxylation is 1. The molecule has 4 aromatic rings. The van der Waals surface area contributed by atoms with Gasteiger partial charge in [-0.25, -0.2) is 13.8 Å². The van der Waals surface area contributed by atoms with Crippen molar-refractivity contribution >= 4 is 30.3 Å². The largest absolute Gasteiger partial charge is 0.477 e. The number of hydrogen-bond acceptors (Lipinski definition) is 5. The average Bonchev–Trinajstić information content (AvgIpc) is 2.94. The molecule has 0 radical (unpaired) electrons. The highest BCUT2D eigenvalue weighted by atomic mass is 31.2. The van der Waals surface area contributed by atoms with Crippen LogP contribution in [0, 0.1) is 5.82 Å². The molecule has 1 saturated heterocycles. The third kappa shape index (κ3) is 5.06. The van der Waals surface area contributed by atoms with Crippen molar-refractivity contribution in [1.82, 2.24) is 9.24 Å². The molecule has 0 saturated carbocycles. The zero-order valence-electron chi connectivity index (χ0n) is 21.2. The number of carbonyl (C=O) groups is 1. The van der Waals surface area contributed by atoms with Gasteiger partial charge in [0.15, 0.2) is 5.82 Å². The van der Waals surface area contributed by atoms with E-state index in [9.17, 15) is 24.2 Å². The van der Waals surface area contributed by atoms with Gasteiger partial charge in [-0.1, -0.05) is 48.5 Å². The molecule has 1 aromatic heterocycles. The van der Waals surface area contributed by atoms with Crippen LogP contribution in [-0.4, -0.2) is 51.4 Å². The maximum atomic E-state index is 16.4. The van der Waals surface area contributed by atoms with Crippen LogP contribution in [0.1, 0.15) is 17.3 Å². The summed E-state index contributed by atoms with van der Waals surface area (Å²) in [4.78, 5) is 37.5. The molecule has 1 atom stereocenters. The van der Waals surface area contributed by atoms with Crippen molar-refractivity contribution < 1.29 is 28.3 Å². The van der Waals surface area contributed by atoms with Gasteiger partial charge in [-0.15, -0.1) is 0 Å². The maximum absolute atomic E-state index is 16.4. The first-order chi connectivity index (χ1) is 18.7. The van der Waals surface area contributed by atoms with Crippen molar-refractivity contribution in [2.24, 2.45) is 0 Å². The number of halogens is 1. The van der Waals surface area contributed by atoms with Gasteiger partial charge in [-0.2, -0.15) is 4.67 Å². The Morgan fingerprint density at radius 1 is 1.03 bits per heavy atom. The lowest BCUT2D eigenvalue weighted by molar-refractivity contribution is 0.0694. The summed E-state index contributed by atoms with van der Waals surface area (Å²) in [6.45, 7) is 2.89. The van der Waals surface area contributed by atoms with E-state index in [2.05, 4.69) is 0 Å². The summed E-state index contributed by atoms with van der Waals surface area (Å²) in [5.74, 6) is -1.76. The molecule has 3 aromatic carbocycles. The van der Waals surface area contributed by atoms with Crippen LogP contribution in [0.3, 0.4) is 0 Å². The molecule has 0 spiro atoms. The lowest BCUT2D eigenvalue weighted by Crippen LogP contribution is -2.45. The number of carboxylic acids is 1. The van der Waals surface area contributed by atoms with Crippen molar-refractivity contribution in [2.45, 2.75) is 13.5 Å². The minimum Gasteiger partial charge on any atom is -0.477 e. The number of aromatic carboxylic acids is 1. The van der Waals surface area contributed by atoms with Crippen LogP contribution < -0.4 is 14.9 Å². The van der Waals surface area contributed by atoms with E-state index in [0.717, 1.165) is 0 Å². The Balaban J connectivity index is 1.56. The maximum Gasteiger partial charge on any atom is 0.458 e. The number of carboxylic acid groups (broad SMARTS) is 1. The molecule has 9 nitrogen and oxygen atoms in total. The molecule has 11 heteroatoms.